The van der Waals surface area contributed by atoms with Crippen molar-refractivity contribution in [3.63, 3.8) is 0 Å². The molecule has 2 saturated heterocycles. The van der Waals surface area contributed by atoms with Crippen LogP contribution in [0.25, 0.3) is 0 Å². The van der Waals surface area contributed by atoms with E-state index in [0.717, 1.165) is 5.69 Å². The number of nitrogens with zero attached hydrogens (tertiary/aromatic N) is 1. The molecule has 0 aliphatic carbocycles. The molecule has 0 aromatic heterocycles. The monoisotopic (exact) mass is 304 g/mol. The topological polar surface area (TPSA) is 15.3 Å². The van der Waals surface area contributed by atoms with Crippen LogP contribution in [0, 0.1) is 0 Å². The molecule has 2 heterocycles. The molecule has 2 fully saturated rings. The fraction of sp³-hybridized carbons (Fsp3) is 0.538. The van der Waals surface area contributed by atoms with Gasteiger partial charge in [0.2, 0.25) is 0 Å². The number of hydrogen-bond acceptors (Lipinski definition) is 2. The van der Waals surface area contributed by atoms with Gasteiger partial charge in [-0.25, -0.2) is 0 Å². The molecule has 1 aromatic carbocycles. The lowest BCUT2D eigenvalue weighted by Crippen LogP contribution is -2.33. The predicted molar refractivity (Wildman–Crippen MR) is 78.1 cm³/mol. The Bertz CT molecular complexity index is 464. The second-order valence-electron chi connectivity index (χ2n) is 5.03. The zero-order valence-corrected chi connectivity index (χ0v) is 12.2. The molecule has 2 atom stereocenters. The lowest BCUT2D eigenvalue weighted by molar-refractivity contribution is 0.318. The summed E-state index contributed by atoms with van der Waals surface area (Å²) < 4.78 is 0. The third-order valence-corrected chi connectivity index (χ3v) is 4.99. The largest absolute Gasteiger partial charge is 0.379 e. The minimum Gasteiger partial charge on any atom is -0.379 e. The summed E-state index contributed by atoms with van der Waals surface area (Å²) in [6, 6.07) is 4.65. The SMILES string of the molecule is Clc1cc(Cl)c(NC2CCN3CCCC23)cc1Cl. The minimum atomic E-state index is 0.474. The van der Waals surface area contributed by atoms with E-state index in [9.17, 15) is 0 Å². The second-order valence-corrected chi connectivity index (χ2v) is 6.25. The summed E-state index contributed by atoms with van der Waals surface area (Å²) in [5, 5.41) is 5.22. The van der Waals surface area contributed by atoms with Crippen molar-refractivity contribution < 1.29 is 0 Å². The highest BCUT2D eigenvalue weighted by Crippen LogP contribution is 2.35. The molecule has 5 heteroatoms. The predicted octanol–water partition coefficient (Wildman–Crippen LogP) is 4.30. The molecule has 2 aliphatic heterocycles. The summed E-state index contributed by atoms with van der Waals surface area (Å²) in [4.78, 5) is 2.56. The molecule has 1 aromatic rings. The Balaban J connectivity index is 1.78. The molecule has 0 radical (unpaired) electrons. The highest BCUT2D eigenvalue weighted by Gasteiger charge is 2.37. The number of hydrogen-bond donors (Lipinski definition) is 1. The molecule has 0 bridgehead atoms. The van der Waals surface area contributed by atoms with Crippen LogP contribution in [0.15, 0.2) is 12.1 Å². The van der Waals surface area contributed by atoms with Crippen LogP contribution in [0.4, 0.5) is 5.69 Å². The zero-order chi connectivity index (χ0) is 12.7. The lowest BCUT2D eigenvalue weighted by atomic mass is 10.1. The smallest absolute Gasteiger partial charge is 0.0653 e. The zero-order valence-electron chi connectivity index (χ0n) is 9.93. The standard InChI is InChI=1S/C13H15Cl3N2/c14-8-6-10(16)12(7-9(8)15)17-11-3-5-18-4-1-2-13(11)18/h6-7,11,13,17H,1-5H2. The van der Waals surface area contributed by atoms with Crippen molar-refractivity contribution in [2.45, 2.75) is 31.3 Å². The number of benzene rings is 1. The van der Waals surface area contributed by atoms with E-state index in [0.29, 0.717) is 27.2 Å². The van der Waals surface area contributed by atoms with Crippen LogP contribution in [-0.4, -0.2) is 30.1 Å². The number of rotatable bonds is 2. The molecular formula is C13H15Cl3N2. The number of nitrogens with one attached hydrogen (secondary N) is 1. The van der Waals surface area contributed by atoms with E-state index in [2.05, 4.69) is 10.2 Å². The Hall–Kier alpha value is -0.150. The summed E-state index contributed by atoms with van der Waals surface area (Å²) in [6.45, 7) is 2.42. The third-order valence-electron chi connectivity index (χ3n) is 3.96. The van der Waals surface area contributed by atoms with Crippen molar-refractivity contribution >= 4 is 40.5 Å². The van der Waals surface area contributed by atoms with Crippen LogP contribution in [0.5, 0.6) is 0 Å². The average Bonchev–Trinajstić information content (AvgIpc) is 2.90. The highest BCUT2D eigenvalue weighted by atomic mass is 35.5. The van der Waals surface area contributed by atoms with E-state index in [-0.39, 0.29) is 0 Å². The average molecular weight is 306 g/mol. The molecule has 0 amide bonds. The molecule has 2 aliphatic rings. The Kier molecular flexibility index (Phi) is 3.63. The molecule has 1 N–H and O–H groups in total. The van der Waals surface area contributed by atoms with Gasteiger partial charge in [0, 0.05) is 18.6 Å². The van der Waals surface area contributed by atoms with Crippen molar-refractivity contribution in [2.75, 3.05) is 18.4 Å². The first kappa shape index (κ1) is 12.9. The molecule has 0 saturated carbocycles. The first-order valence-electron chi connectivity index (χ1n) is 6.30. The van der Waals surface area contributed by atoms with Gasteiger partial charge in [-0.1, -0.05) is 34.8 Å². The number of anilines is 1. The first-order chi connectivity index (χ1) is 8.65. The number of fused-ring (bicyclic) bond motifs is 1. The van der Waals surface area contributed by atoms with E-state index in [1.165, 1.54) is 32.4 Å². The van der Waals surface area contributed by atoms with Crippen molar-refractivity contribution in [1.82, 2.24) is 4.90 Å². The van der Waals surface area contributed by atoms with Gasteiger partial charge in [-0.2, -0.15) is 0 Å². The minimum absolute atomic E-state index is 0.474. The van der Waals surface area contributed by atoms with E-state index in [4.69, 9.17) is 34.8 Å². The van der Waals surface area contributed by atoms with Gasteiger partial charge in [-0.15, -0.1) is 0 Å². The van der Waals surface area contributed by atoms with Crippen molar-refractivity contribution in [2.24, 2.45) is 0 Å². The summed E-state index contributed by atoms with van der Waals surface area (Å²) in [6.07, 6.45) is 3.75. The Morgan fingerprint density at radius 1 is 1.00 bits per heavy atom. The lowest BCUT2D eigenvalue weighted by Gasteiger charge is -2.23. The van der Waals surface area contributed by atoms with Gasteiger partial charge in [0.15, 0.2) is 0 Å². The maximum atomic E-state index is 6.20. The van der Waals surface area contributed by atoms with Crippen molar-refractivity contribution in [1.29, 1.82) is 0 Å². The molecule has 2 unspecified atom stereocenters. The maximum absolute atomic E-state index is 6.20. The Labute approximate surface area is 122 Å². The van der Waals surface area contributed by atoms with E-state index in [1.54, 1.807) is 6.07 Å². The van der Waals surface area contributed by atoms with Gasteiger partial charge in [0.1, 0.15) is 0 Å². The van der Waals surface area contributed by atoms with Crippen LogP contribution in [0.2, 0.25) is 15.1 Å². The van der Waals surface area contributed by atoms with E-state index < -0.39 is 0 Å². The molecule has 2 nitrogen and oxygen atoms in total. The van der Waals surface area contributed by atoms with E-state index in [1.807, 2.05) is 6.07 Å². The fourth-order valence-electron chi connectivity index (χ4n) is 3.08. The molecular weight excluding hydrogens is 291 g/mol. The Morgan fingerprint density at radius 2 is 1.78 bits per heavy atom. The van der Waals surface area contributed by atoms with Crippen LogP contribution in [0.3, 0.4) is 0 Å². The van der Waals surface area contributed by atoms with Crippen molar-refractivity contribution in [3.05, 3.63) is 27.2 Å². The van der Waals surface area contributed by atoms with Crippen LogP contribution < -0.4 is 5.32 Å². The number of halogens is 3. The Morgan fingerprint density at radius 3 is 2.61 bits per heavy atom. The van der Waals surface area contributed by atoms with E-state index >= 15 is 0 Å². The summed E-state index contributed by atoms with van der Waals surface area (Å²) in [5.41, 5.74) is 0.893. The van der Waals surface area contributed by atoms with Crippen LogP contribution >= 0.6 is 34.8 Å². The van der Waals surface area contributed by atoms with Gasteiger partial charge in [0.05, 0.1) is 20.8 Å². The summed E-state index contributed by atoms with van der Waals surface area (Å²) in [5.74, 6) is 0. The van der Waals surface area contributed by atoms with Gasteiger partial charge < -0.3 is 5.32 Å². The third kappa shape index (κ3) is 2.32. The molecule has 18 heavy (non-hydrogen) atoms. The van der Waals surface area contributed by atoms with Crippen LogP contribution in [-0.2, 0) is 0 Å². The summed E-state index contributed by atoms with van der Waals surface area (Å²) in [7, 11) is 0. The van der Waals surface area contributed by atoms with Gasteiger partial charge in [-0.05, 0) is 37.9 Å². The molecule has 98 valence electrons. The molecule has 3 rings (SSSR count). The molecule has 0 spiro atoms. The van der Waals surface area contributed by atoms with Gasteiger partial charge in [-0.3, -0.25) is 4.90 Å². The normalized spacial score (nSPS) is 27.5. The van der Waals surface area contributed by atoms with Gasteiger partial charge >= 0.3 is 0 Å². The highest BCUT2D eigenvalue weighted by molar-refractivity contribution is 6.44. The summed E-state index contributed by atoms with van der Waals surface area (Å²) >= 11 is 18.2. The first-order valence-corrected chi connectivity index (χ1v) is 7.43. The van der Waals surface area contributed by atoms with Gasteiger partial charge in [0.25, 0.3) is 0 Å². The maximum Gasteiger partial charge on any atom is 0.0653 e. The fourth-order valence-corrected chi connectivity index (χ4v) is 3.69. The second kappa shape index (κ2) is 5.09. The van der Waals surface area contributed by atoms with Crippen LogP contribution in [0.1, 0.15) is 19.3 Å². The van der Waals surface area contributed by atoms with Crippen molar-refractivity contribution in [3.8, 4) is 0 Å². The quantitative estimate of drug-likeness (QED) is 0.820.